The van der Waals surface area contributed by atoms with E-state index < -0.39 is 0 Å². The van der Waals surface area contributed by atoms with E-state index in [-0.39, 0.29) is 5.91 Å². The number of carbonyl (C=O) groups excluding carboxylic acids is 1. The van der Waals surface area contributed by atoms with Gasteiger partial charge in [-0.15, -0.1) is 0 Å². The van der Waals surface area contributed by atoms with Crippen LogP contribution in [0.3, 0.4) is 0 Å². The standard InChI is InChI=1S/C25H21ClN2O4S/c1-30-20-12-10-19(11-13-20)27-25-28-24(29)22(33-25)14-17-4-3-5-21(31-2)23(17)32-15-16-6-8-18(26)9-7-16/h3-14H,15H2,1-2H3,(H,27,28,29)/b22-14+. The maximum absolute atomic E-state index is 12.6. The average Bonchev–Trinajstić information content (AvgIpc) is 3.17. The Kier molecular flexibility index (Phi) is 7.22. The Labute approximate surface area is 201 Å². The molecule has 1 amide bonds. The van der Waals surface area contributed by atoms with Crippen LogP contribution in [0.5, 0.6) is 17.2 Å². The number of halogens is 1. The quantitative estimate of drug-likeness (QED) is 0.431. The number of ether oxygens (including phenoxy) is 3. The maximum Gasteiger partial charge on any atom is 0.264 e. The average molecular weight is 481 g/mol. The van der Waals surface area contributed by atoms with Gasteiger partial charge in [-0.05, 0) is 65.9 Å². The first-order valence-corrected chi connectivity index (χ1v) is 11.2. The summed E-state index contributed by atoms with van der Waals surface area (Å²) in [5.41, 5.74) is 2.41. The monoisotopic (exact) mass is 480 g/mol. The van der Waals surface area contributed by atoms with Crippen LogP contribution in [0.4, 0.5) is 5.69 Å². The van der Waals surface area contributed by atoms with Gasteiger partial charge in [0.25, 0.3) is 5.91 Å². The van der Waals surface area contributed by atoms with Gasteiger partial charge in [-0.25, -0.2) is 4.99 Å². The number of amides is 1. The molecule has 0 spiro atoms. The minimum atomic E-state index is -0.223. The van der Waals surface area contributed by atoms with E-state index in [2.05, 4.69) is 10.3 Å². The summed E-state index contributed by atoms with van der Waals surface area (Å²) < 4.78 is 16.7. The highest BCUT2D eigenvalue weighted by molar-refractivity contribution is 8.18. The predicted octanol–water partition coefficient (Wildman–Crippen LogP) is 5.83. The molecule has 1 fully saturated rings. The number of nitrogens with one attached hydrogen (secondary N) is 1. The molecule has 0 aliphatic carbocycles. The van der Waals surface area contributed by atoms with Gasteiger partial charge in [0.2, 0.25) is 0 Å². The topological polar surface area (TPSA) is 69.2 Å². The molecule has 3 aromatic rings. The molecule has 1 aliphatic rings. The summed E-state index contributed by atoms with van der Waals surface area (Å²) in [5, 5.41) is 3.97. The SMILES string of the molecule is COc1ccc(N=C2NC(=O)/C(=C\c3cccc(OC)c3OCc3ccc(Cl)cc3)S2)cc1. The molecule has 4 rings (SSSR count). The molecule has 0 radical (unpaired) electrons. The van der Waals surface area contributed by atoms with E-state index in [9.17, 15) is 4.79 Å². The van der Waals surface area contributed by atoms with Crippen molar-refractivity contribution in [3.63, 3.8) is 0 Å². The number of aliphatic imine (C=N–C) groups is 1. The first-order valence-electron chi connectivity index (χ1n) is 10.0. The summed E-state index contributed by atoms with van der Waals surface area (Å²) in [4.78, 5) is 17.6. The highest BCUT2D eigenvalue weighted by Gasteiger charge is 2.24. The molecule has 6 nitrogen and oxygen atoms in total. The van der Waals surface area contributed by atoms with E-state index in [0.717, 1.165) is 16.9 Å². The number of methoxy groups -OCH3 is 2. The molecule has 0 saturated carbocycles. The molecule has 0 bridgehead atoms. The molecule has 0 unspecified atom stereocenters. The zero-order chi connectivity index (χ0) is 23.2. The van der Waals surface area contributed by atoms with Gasteiger partial charge in [-0.2, -0.15) is 0 Å². The van der Waals surface area contributed by atoms with E-state index in [4.69, 9.17) is 25.8 Å². The zero-order valence-corrected chi connectivity index (χ0v) is 19.6. The summed E-state index contributed by atoms with van der Waals surface area (Å²) in [6, 6.07) is 20.3. The lowest BCUT2D eigenvalue weighted by molar-refractivity contribution is -0.115. The molecular formula is C25H21ClN2O4S. The fourth-order valence-corrected chi connectivity index (χ4v) is 4.05. The Morgan fingerprint density at radius 3 is 2.45 bits per heavy atom. The first kappa shape index (κ1) is 22.8. The molecule has 168 valence electrons. The fourth-order valence-electron chi connectivity index (χ4n) is 3.09. The van der Waals surface area contributed by atoms with Gasteiger partial charge in [0, 0.05) is 10.6 Å². The van der Waals surface area contributed by atoms with Gasteiger partial charge in [-0.1, -0.05) is 35.9 Å². The minimum absolute atomic E-state index is 0.223. The van der Waals surface area contributed by atoms with Crippen LogP contribution in [0.15, 0.2) is 76.6 Å². The zero-order valence-electron chi connectivity index (χ0n) is 18.0. The van der Waals surface area contributed by atoms with Crippen LogP contribution in [0, 0.1) is 0 Å². The predicted molar refractivity (Wildman–Crippen MR) is 133 cm³/mol. The van der Waals surface area contributed by atoms with E-state index in [1.165, 1.54) is 11.8 Å². The third-order valence-electron chi connectivity index (χ3n) is 4.77. The Hall–Kier alpha value is -3.42. The fraction of sp³-hybridized carbons (Fsp3) is 0.120. The van der Waals surface area contributed by atoms with Crippen LogP contribution in [0.25, 0.3) is 6.08 Å². The number of nitrogens with zero attached hydrogens (tertiary/aromatic N) is 1. The molecule has 1 saturated heterocycles. The lowest BCUT2D eigenvalue weighted by Gasteiger charge is -2.14. The molecule has 1 aliphatic heterocycles. The third-order valence-corrected chi connectivity index (χ3v) is 5.93. The lowest BCUT2D eigenvalue weighted by atomic mass is 10.1. The first-order chi connectivity index (χ1) is 16.1. The Bertz CT molecular complexity index is 1210. The summed E-state index contributed by atoms with van der Waals surface area (Å²) in [6.45, 7) is 0.331. The van der Waals surface area contributed by atoms with Gasteiger partial charge in [0.1, 0.15) is 12.4 Å². The van der Waals surface area contributed by atoms with Crippen molar-refractivity contribution in [2.45, 2.75) is 6.61 Å². The smallest absolute Gasteiger partial charge is 0.264 e. The number of hydrogen-bond donors (Lipinski definition) is 1. The Balaban J connectivity index is 1.56. The Morgan fingerprint density at radius 2 is 1.76 bits per heavy atom. The molecule has 0 aromatic heterocycles. The van der Waals surface area contributed by atoms with Crippen molar-refractivity contribution in [3.05, 3.63) is 87.8 Å². The minimum Gasteiger partial charge on any atom is -0.497 e. The van der Waals surface area contributed by atoms with E-state index in [1.54, 1.807) is 20.3 Å². The molecule has 3 aromatic carbocycles. The summed E-state index contributed by atoms with van der Waals surface area (Å²) in [5.74, 6) is 1.65. The van der Waals surface area contributed by atoms with Gasteiger partial charge < -0.3 is 19.5 Å². The van der Waals surface area contributed by atoms with Gasteiger partial charge >= 0.3 is 0 Å². The van der Waals surface area contributed by atoms with Gasteiger partial charge in [0.15, 0.2) is 16.7 Å². The second kappa shape index (κ2) is 10.5. The molecule has 8 heteroatoms. The van der Waals surface area contributed by atoms with Crippen molar-refractivity contribution in [2.75, 3.05) is 14.2 Å². The molecule has 1 heterocycles. The van der Waals surface area contributed by atoms with Crippen molar-refractivity contribution >= 4 is 46.2 Å². The number of thioether (sulfide) groups is 1. The van der Waals surface area contributed by atoms with Crippen molar-refractivity contribution < 1.29 is 19.0 Å². The molecule has 1 N–H and O–H groups in total. The Morgan fingerprint density at radius 1 is 1.00 bits per heavy atom. The van der Waals surface area contributed by atoms with E-state index >= 15 is 0 Å². The van der Waals surface area contributed by atoms with Crippen molar-refractivity contribution in [3.8, 4) is 17.2 Å². The number of rotatable bonds is 7. The second-order valence-electron chi connectivity index (χ2n) is 6.97. The molecule has 33 heavy (non-hydrogen) atoms. The second-order valence-corrected chi connectivity index (χ2v) is 8.44. The number of amidine groups is 1. The highest BCUT2D eigenvalue weighted by Crippen LogP contribution is 2.36. The number of benzene rings is 3. The molecule has 0 atom stereocenters. The summed E-state index contributed by atoms with van der Waals surface area (Å²) in [7, 11) is 3.19. The van der Waals surface area contributed by atoms with Crippen LogP contribution in [0.2, 0.25) is 5.02 Å². The maximum atomic E-state index is 12.6. The third kappa shape index (κ3) is 5.69. The normalized spacial score (nSPS) is 15.5. The lowest BCUT2D eigenvalue weighted by Crippen LogP contribution is -2.19. The number of para-hydroxylation sites is 1. The van der Waals surface area contributed by atoms with Crippen LogP contribution in [-0.2, 0) is 11.4 Å². The number of hydrogen-bond acceptors (Lipinski definition) is 6. The summed E-state index contributed by atoms with van der Waals surface area (Å²) in [6.07, 6.45) is 1.77. The van der Waals surface area contributed by atoms with Crippen molar-refractivity contribution in [1.82, 2.24) is 5.32 Å². The highest BCUT2D eigenvalue weighted by atomic mass is 35.5. The summed E-state index contributed by atoms with van der Waals surface area (Å²) >= 11 is 7.23. The largest absolute Gasteiger partial charge is 0.497 e. The van der Waals surface area contributed by atoms with Crippen LogP contribution >= 0.6 is 23.4 Å². The number of carbonyl (C=O) groups is 1. The van der Waals surface area contributed by atoms with Crippen molar-refractivity contribution in [1.29, 1.82) is 0 Å². The van der Waals surface area contributed by atoms with Crippen LogP contribution in [-0.4, -0.2) is 25.3 Å². The van der Waals surface area contributed by atoms with Gasteiger partial charge in [-0.3, -0.25) is 4.79 Å². The van der Waals surface area contributed by atoms with E-state index in [0.29, 0.717) is 38.9 Å². The van der Waals surface area contributed by atoms with Gasteiger partial charge in [0.05, 0.1) is 24.8 Å². The van der Waals surface area contributed by atoms with Crippen molar-refractivity contribution in [2.24, 2.45) is 4.99 Å². The van der Waals surface area contributed by atoms with Crippen LogP contribution < -0.4 is 19.5 Å². The molecular weight excluding hydrogens is 460 g/mol. The van der Waals surface area contributed by atoms with Crippen LogP contribution in [0.1, 0.15) is 11.1 Å². The van der Waals surface area contributed by atoms with E-state index in [1.807, 2.05) is 66.7 Å².